The number of ketones is 1. The Morgan fingerprint density at radius 3 is 2.68 bits per heavy atom. The molecule has 4 rings (SSSR count). The first-order chi connectivity index (χ1) is 13.5. The highest BCUT2D eigenvalue weighted by molar-refractivity contribution is 5.98. The zero-order valence-electron chi connectivity index (χ0n) is 15.8. The Labute approximate surface area is 163 Å². The minimum absolute atomic E-state index is 0.379. The Morgan fingerprint density at radius 1 is 1.11 bits per heavy atom. The van der Waals surface area contributed by atoms with Crippen LogP contribution in [-0.2, 0) is 4.79 Å². The monoisotopic (exact) mass is 374 g/mol. The van der Waals surface area contributed by atoms with Gasteiger partial charge in [-0.3, -0.25) is 9.78 Å². The molecule has 142 valence electrons. The zero-order valence-corrected chi connectivity index (χ0v) is 15.8. The van der Waals surface area contributed by atoms with Crippen molar-refractivity contribution in [2.45, 2.75) is 32.1 Å². The number of aliphatic hydroxyl groups excluding tert-OH is 2. The average molecular weight is 374 g/mol. The van der Waals surface area contributed by atoms with Crippen molar-refractivity contribution in [3.63, 3.8) is 0 Å². The second kappa shape index (κ2) is 7.19. The van der Waals surface area contributed by atoms with E-state index in [1.54, 1.807) is 20.0 Å². The van der Waals surface area contributed by atoms with Gasteiger partial charge in [0.15, 0.2) is 5.78 Å². The number of aromatic nitrogens is 1. The molecule has 0 saturated heterocycles. The molecule has 5 nitrogen and oxygen atoms in total. The third-order valence-corrected chi connectivity index (χ3v) is 5.23. The Morgan fingerprint density at radius 2 is 1.89 bits per heavy atom. The summed E-state index contributed by atoms with van der Waals surface area (Å²) in [6.45, 7) is 3.41. The predicted molar refractivity (Wildman–Crippen MR) is 110 cm³/mol. The van der Waals surface area contributed by atoms with E-state index in [1.165, 1.54) is 6.08 Å². The number of aliphatic hydroxyl groups is 2. The van der Waals surface area contributed by atoms with Crippen molar-refractivity contribution >= 4 is 22.4 Å². The number of carbonyl (C=O) groups excluding carboxylic acids is 1. The zero-order chi connectivity index (χ0) is 19.8. The van der Waals surface area contributed by atoms with Gasteiger partial charge < -0.3 is 15.1 Å². The van der Waals surface area contributed by atoms with Gasteiger partial charge in [-0.1, -0.05) is 30.3 Å². The summed E-state index contributed by atoms with van der Waals surface area (Å²) in [6, 6.07) is 17.4. The van der Waals surface area contributed by atoms with Crippen molar-refractivity contribution in [3.05, 3.63) is 72.6 Å². The van der Waals surface area contributed by atoms with Gasteiger partial charge in [-0.05, 0) is 49.2 Å². The summed E-state index contributed by atoms with van der Waals surface area (Å²) in [6.07, 6.45) is 1.15. The standard InChI is InChI=1S/C23H22N2O3/c1-14-23(28)22(27)13-21(15(2)26)25(14)17-7-3-6-16(12-17)18-8-4-10-20-19(18)9-5-11-24-20/h3-15,23,26,28H,1-2H3/t14-,15?,23?/m1/s1. The Kier molecular flexibility index (Phi) is 4.71. The first kappa shape index (κ1) is 18.3. The molecule has 2 unspecified atom stereocenters. The predicted octanol–water partition coefficient (Wildman–Crippen LogP) is 3.31. The van der Waals surface area contributed by atoms with Crippen molar-refractivity contribution < 1.29 is 15.0 Å². The number of rotatable bonds is 3. The van der Waals surface area contributed by atoms with Gasteiger partial charge in [0.05, 0.1) is 23.4 Å². The molecule has 0 bridgehead atoms. The van der Waals surface area contributed by atoms with E-state index in [4.69, 9.17) is 0 Å². The number of benzene rings is 2. The molecule has 3 aromatic rings. The second-order valence-corrected chi connectivity index (χ2v) is 7.13. The molecule has 0 amide bonds. The third-order valence-electron chi connectivity index (χ3n) is 5.23. The summed E-state index contributed by atoms with van der Waals surface area (Å²) in [4.78, 5) is 18.3. The van der Waals surface area contributed by atoms with Gasteiger partial charge in [0.25, 0.3) is 0 Å². The van der Waals surface area contributed by atoms with Crippen molar-refractivity contribution in [1.82, 2.24) is 4.98 Å². The Bertz CT molecular complexity index is 1070. The maximum Gasteiger partial charge on any atom is 0.188 e. The molecular formula is C23H22N2O3. The van der Waals surface area contributed by atoms with Gasteiger partial charge in [-0.2, -0.15) is 0 Å². The lowest BCUT2D eigenvalue weighted by Crippen LogP contribution is -2.50. The number of carbonyl (C=O) groups is 1. The summed E-state index contributed by atoms with van der Waals surface area (Å²) in [7, 11) is 0. The van der Waals surface area contributed by atoms with Crippen molar-refractivity contribution in [1.29, 1.82) is 0 Å². The second-order valence-electron chi connectivity index (χ2n) is 7.13. The van der Waals surface area contributed by atoms with E-state index in [-0.39, 0.29) is 5.78 Å². The van der Waals surface area contributed by atoms with Gasteiger partial charge in [0, 0.05) is 23.3 Å². The van der Waals surface area contributed by atoms with E-state index >= 15 is 0 Å². The smallest absolute Gasteiger partial charge is 0.188 e. The molecule has 28 heavy (non-hydrogen) atoms. The van der Waals surface area contributed by atoms with Crippen LogP contribution in [0.25, 0.3) is 22.0 Å². The lowest BCUT2D eigenvalue weighted by molar-refractivity contribution is -0.123. The molecular weight excluding hydrogens is 352 g/mol. The van der Waals surface area contributed by atoms with E-state index in [0.717, 1.165) is 27.7 Å². The number of hydrogen-bond acceptors (Lipinski definition) is 5. The van der Waals surface area contributed by atoms with Gasteiger partial charge in [0.1, 0.15) is 6.10 Å². The fourth-order valence-corrected chi connectivity index (χ4v) is 3.80. The molecule has 0 saturated carbocycles. The van der Waals surface area contributed by atoms with E-state index in [1.807, 2.05) is 59.5 Å². The molecule has 3 atom stereocenters. The van der Waals surface area contributed by atoms with Crippen molar-refractivity contribution in [2.75, 3.05) is 4.90 Å². The highest BCUT2D eigenvalue weighted by Crippen LogP contribution is 2.34. The normalized spacial score (nSPS) is 20.9. The van der Waals surface area contributed by atoms with Crippen LogP contribution in [0.5, 0.6) is 0 Å². The lowest BCUT2D eigenvalue weighted by atomic mass is 9.95. The minimum Gasteiger partial charge on any atom is -0.387 e. The maximum absolute atomic E-state index is 12.1. The summed E-state index contributed by atoms with van der Waals surface area (Å²) in [5.41, 5.74) is 4.27. The molecule has 0 spiro atoms. The quantitative estimate of drug-likeness (QED) is 0.736. The SMILES string of the molecule is CC(O)C1=CC(=O)C(O)[C@@H](C)N1c1cccc(-c2cccc3ncccc23)c1. The minimum atomic E-state index is -1.13. The van der Waals surface area contributed by atoms with E-state index in [2.05, 4.69) is 4.98 Å². The lowest BCUT2D eigenvalue weighted by Gasteiger charge is -2.39. The van der Waals surface area contributed by atoms with E-state index < -0.39 is 18.2 Å². The fraction of sp³-hybridized carbons (Fsp3) is 0.217. The maximum atomic E-state index is 12.1. The highest BCUT2D eigenvalue weighted by Gasteiger charge is 2.35. The van der Waals surface area contributed by atoms with Crippen molar-refractivity contribution in [3.8, 4) is 11.1 Å². The number of fused-ring (bicyclic) bond motifs is 1. The van der Waals surface area contributed by atoms with Crippen LogP contribution in [0.3, 0.4) is 0 Å². The summed E-state index contributed by atoms with van der Waals surface area (Å²) in [5, 5.41) is 21.5. The molecule has 2 aromatic carbocycles. The molecule has 1 aliphatic heterocycles. The molecule has 2 heterocycles. The van der Waals surface area contributed by atoms with Crippen LogP contribution in [-0.4, -0.2) is 39.2 Å². The van der Waals surface area contributed by atoms with E-state index in [9.17, 15) is 15.0 Å². The van der Waals surface area contributed by atoms with Crippen LogP contribution in [0.2, 0.25) is 0 Å². The van der Waals surface area contributed by atoms with Crippen LogP contribution < -0.4 is 4.90 Å². The summed E-state index contributed by atoms with van der Waals surface area (Å²) in [5.74, 6) is -0.379. The number of nitrogens with zero attached hydrogens (tertiary/aromatic N) is 2. The molecule has 0 aliphatic carbocycles. The summed E-state index contributed by atoms with van der Waals surface area (Å²) < 4.78 is 0. The van der Waals surface area contributed by atoms with Crippen LogP contribution in [0.4, 0.5) is 5.69 Å². The Hall–Kier alpha value is -3.02. The number of hydrogen-bond donors (Lipinski definition) is 2. The molecule has 2 N–H and O–H groups in total. The molecule has 5 heteroatoms. The van der Waals surface area contributed by atoms with Crippen LogP contribution in [0.15, 0.2) is 72.6 Å². The van der Waals surface area contributed by atoms with Crippen LogP contribution >= 0.6 is 0 Å². The van der Waals surface area contributed by atoms with Crippen molar-refractivity contribution in [2.24, 2.45) is 0 Å². The molecule has 0 radical (unpaired) electrons. The van der Waals surface area contributed by atoms with Gasteiger partial charge in [-0.25, -0.2) is 0 Å². The largest absolute Gasteiger partial charge is 0.387 e. The topological polar surface area (TPSA) is 73.7 Å². The first-order valence-corrected chi connectivity index (χ1v) is 9.32. The third kappa shape index (κ3) is 3.09. The summed E-state index contributed by atoms with van der Waals surface area (Å²) >= 11 is 0. The average Bonchev–Trinajstić information content (AvgIpc) is 2.71. The van der Waals surface area contributed by atoms with Crippen LogP contribution in [0.1, 0.15) is 13.8 Å². The Balaban J connectivity index is 1.84. The number of pyridine rings is 1. The highest BCUT2D eigenvalue weighted by atomic mass is 16.3. The van der Waals surface area contributed by atoms with E-state index in [0.29, 0.717) is 5.70 Å². The number of anilines is 1. The van der Waals surface area contributed by atoms with Gasteiger partial charge >= 0.3 is 0 Å². The van der Waals surface area contributed by atoms with Gasteiger partial charge in [0.2, 0.25) is 0 Å². The molecule has 0 fully saturated rings. The van der Waals surface area contributed by atoms with Crippen LogP contribution in [0, 0.1) is 0 Å². The first-order valence-electron chi connectivity index (χ1n) is 9.32. The molecule has 1 aliphatic rings. The van der Waals surface area contributed by atoms with Gasteiger partial charge in [-0.15, -0.1) is 0 Å². The molecule has 1 aromatic heterocycles. The fourth-order valence-electron chi connectivity index (χ4n) is 3.80.